The van der Waals surface area contributed by atoms with Gasteiger partial charge in [0.15, 0.2) is 0 Å². The number of hydrogen-bond donors (Lipinski definition) is 1. The van der Waals surface area contributed by atoms with Crippen LogP contribution in [0.3, 0.4) is 0 Å². The average Bonchev–Trinajstić information content (AvgIpc) is 2.78. The summed E-state index contributed by atoms with van der Waals surface area (Å²) in [5.74, 6) is 1.11. The molecule has 2 heterocycles. The monoisotopic (exact) mass is 318 g/mol. The van der Waals surface area contributed by atoms with Crippen LogP contribution >= 0.6 is 15.9 Å². The van der Waals surface area contributed by atoms with E-state index in [1.54, 1.807) is 0 Å². The Morgan fingerprint density at radius 1 is 1.16 bits per heavy atom. The van der Waals surface area contributed by atoms with Crippen molar-refractivity contribution in [1.29, 1.82) is 0 Å². The number of fused-ring (bicyclic) bond motifs is 1. The molecule has 0 amide bonds. The number of rotatable bonds is 3. The molecule has 1 N–H and O–H groups in total. The third-order valence-electron chi connectivity index (χ3n) is 2.77. The van der Waals surface area contributed by atoms with E-state index in [2.05, 4.69) is 20.9 Å². The van der Waals surface area contributed by atoms with Crippen molar-refractivity contribution in [2.45, 2.75) is 6.61 Å². The first-order chi connectivity index (χ1) is 9.28. The second kappa shape index (κ2) is 5.03. The summed E-state index contributed by atoms with van der Waals surface area (Å²) in [5.41, 5.74) is 1.39. The van der Waals surface area contributed by atoms with Crippen LogP contribution in [0.5, 0.6) is 11.6 Å². The molecule has 4 nitrogen and oxygen atoms in total. The summed E-state index contributed by atoms with van der Waals surface area (Å²) in [6.45, 7) is -0.128. The normalized spacial score (nSPS) is 10.8. The summed E-state index contributed by atoms with van der Waals surface area (Å²) < 4.78 is 8.52. The Bertz CT molecular complexity index is 707. The molecule has 0 saturated heterocycles. The Kier molecular flexibility index (Phi) is 3.23. The van der Waals surface area contributed by atoms with E-state index in [4.69, 9.17) is 4.74 Å². The second-order valence-electron chi connectivity index (χ2n) is 4.01. The van der Waals surface area contributed by atoms with Crippen molar-refractivity contribution in [3.63, 3.8) is 0 Å². The zero-order valence-corrected chi connectivity index (χ0v) is 11.5. The molecular weight excluding hydrogens is 308 g/mol. The van der Waals surface area contributed by atoms with Gasteiger partial charge in [-0.15, -0.1) is 0 Å². The largest absolute Gasteiger partial charge is 0.437 e. The molecule has 5 heteroatoms. The topological polar surface area (TPSA) is 46.8 Å². The molecule has 96 valence electrons. The third-order valence-corrected chi connectivity index (χ3v) is 3.30. The lowest BCUT2D eigenvalue weighted by Gasteiger charge is -2.04. The molecule has 0 saturated carbocycles. The lowest BCUT2D eigenvalue weighted by atomic mass is 10.3. The van der Waals surface area contributed by atoms with Crippen LogP contribution in [0, 0.1) is 0 Å². The number of pyridine rings is 1. The molecule has 2 aromatic heterocycles. The van der Waals surface area contributed by atoms with E-state index in [-0.39, 0.29) is 6.61 Å². The van der Waals surface area contributed by atoms with E-state index >= 15 is 0 Å². The molecule has 0 aliphatic heterocycles. The Morgan fingerprint density at radius 3 is 2.68 bits per heavy atom. The van der Waals surface area contributed by atoms with Gasteiger partial charge in [-0.3, -0.25) is 4.40 Å². The summed E-state index contributed by atoms with van der Waals surface area (Å²) in [7, 11) is 0. The van der Waals surface area contributed by atoms with Crippen molar-refractivity contribution >= 4 is 21.6 Å². The summed E-state index contributed by atoms with van der Waals surface area (Å²) in [5, 5.41) is 9.48. The van der Waals surface area contributed by atoms with Crippen LogP contribution in [0.2, 0.25) is 0 Å². The van der Waals surface area contributed by atoms with Crippen molar-refractivity contribution in [1.82, 2.24) is 9.38 Å². The Morgan fingerprint density at radius 2 is 1.95 bits per heavy atom. The highest BCUT2D eigenvalue weighted by molar-refractivity contribution is 9.10. The minimum absolute atomic E-state index is 0.128. The number of aliphatic hydroxyl groups is 1. The molecule has 3 rings (SSSR count). The summed E-state index contributed by atoms with van der Waals surface area (Å²) >= 11 is 3.37. The molecule has 3 aromatic rings. The van der Waals surface area contributed by atoms with Gasteiger partial charge in [0.2, 0.25) is 5.88 Å². The van der Waals surface area contributed by atoms with Gasteiger partial charge in [0, 0.05) is 10.7 Å². The fraction of sp³-hybridized carbons (Fsp3) is 0.0714. The number of halogens is 1. The number of ether oxygens (including phenoxy) is 1. The van der Waals surface area contributed by atoms with Gasteiger partial charge in [-0.1, -0.05) is 22.0 Å². The van der Waals surface area contributed by atoms with Crippen molar-refractivity contribution in [2.75, 3.05) is 0 Å². The molecule has 0 bridgehead atoms. The van der Waals surface area contributed by atoms with Crippen molar-refractivity contribution < 1.29 is 9.84 Å². The highest BCUT2D eigenvalue weighted by Crippen LogP contribution is 2.26. The van der Waals surface area contributed by atoms with E-state index < -0.39 is 0 Å². The summed E-state index contributed by atoms with van der Waals surface area (Å²) in [6.07, 6.45) is 1.85. The molecule has 0 atom stereocenters. The van der Waals surface area contributed by atoms with E-state index in [1.165, 1.54) is 0 Å². The maximum Gasteiger partial charge on any atom is 0.243 e. The van der Waals surface area contributed by atoms with Gasteiger partial charge < -0.3 is 9.84 Å². The van der Waals surface area contributed by atoms with Gasteiger partial charge in [0.25, 0.3) is 0 Å². The second-order valence-corrected chi connectivity index (χ2v) is 4.92. The predicted molar refractivity (Wildman–Crippen MR) is 75.3 cm³/mol. The number of imidazole rings is 1. The number of aliphatic hydroxyl groups excluding tert-OH is 1. The first-order valence-corrected chi connectivity index (χ1v) is 6.57. The average molecular weight is 319 g/mol. The first-order valence-electron chi connectivity index (χ1n) is 5.78. The molecule has 19 heavy (non-hydrogen) atoms. The van der Waals surface area contributed by atoms with Gasteiger partial charge in [0.1, 0.15) is 17.1 Å². The van der Waals surface area contributed by atoms with Crippen molar-refractivity contribution in [3.8, 4) is 11.6 Å². The molecule has 0 fully saturated rings. The standard InChI is InChI=1S/C14H11BrN2O2/c15-10-4-6-11(7-5-10)19-14-12(9-18)17-8-2-1-3-13(17)16-14/h1-8,18H,9H2. The zero-order valence-electron chi connectivity index (χ0n) is 9.95. The zero-order chi connectivity index (χ0) is 13.2. The Hall–Kier alpha value is -1.85. The van der Waals surface area contributed by atoms with E-state index in [0.717, 1.165) is 10.1 Å². The maximum atomic E-state index is 9.48. The molecule has 0 aliphatic rings. The highest BCUT2D eigenvalue weighted by atomic mass is 79.9. The fourth-order valence-corrected chi connectivity index (χ4v) is 2.13. The number of hydrogen-bond acceptors (Lipinski definition) is 3. The Labute approximate surface area is 118 Å². The molecule has 0 radical (unpaired) electrons. The molecule has 0 aliphatic carbocycles. The van der Waals surface area contributed by atoms with Gasteiger partial charge in [0.05, 0.1) is 6.61 Å². The van der Waals surface area contributed by atoms with Crippen LogP contribution in [0.4, 0.5) is 0 Å². The number of aromatic nitrogens is 2. The van der Waals surface area contributed by atoms with Crippen LogP contribution in [0.15, 0.2) is 53.1 Å². The van der Waals surface area contributed by atoms with Crippen LogP contribution in [0.1, 0.15) is 5.69 Å². The summed E-state index contributed by atoms with van der Waals surface area (Å²) in [6, 6.07) is 13.1. The quantitative estimate of drug-likeness (QED) is 0.805. The van der Waals surface area contributed by atoms with Crippen LogP contribution in [0.25, 0.3) is 5.65 Å². The molecule has 0 unspecified atom stereocenters. The summed E-state index contributed by atoms with van der Waals surface area (Å²) in [4.78, 5) is 4.37. The lowest BCUT2D eigenvalue weighted by molar-refractivity contribution is 0.269. The van der Waals surface area contributed by atoms with Gasteiger partial charge >= 0.3 is 0 Å². The lowest BCUT2D eigenvalue weighted by Crippen LogP contribution is -1.94. The Balaban J connectivity index is 2.02. The van der Waals surface area contributed by atoms with Gasteiger partial charge in [-0.05, 0) is 36.4 Å². The molecular formula is C14H11BrN2O2. The number of benzene rings is 1. The predicted octanol–water partition coefficient (Wildman–Crippen LogP) is 3.38. The van der Waals surface area contributed by atoms with Gasteiger partial charge in [-0.2, -0.15) is 4.98 Å². The third kappa shape index (κ3) is 2.34. The van der Waals surface area contributed by atoms with Crippen LogP contribution in [-0.4, -0.2) is 14.5 Å². The minimum Gasteiger partial charge on any atom is -0.437 e. The molecule has 1 aromatic carbocycles. The first kappa shape index (κ1) is 12.2. The smallest absolute Gasteiger partial charge is 0.243 e. The highest BCUT2D eigenvalue weighted by Gasteiger charge is 2.12. The van der Waals surface area contributed by atoms with Crippen molar-refractivity contribution in [2.24, 2.45) is 0 Å². The van der Waals surface area contributed by atoms with Crippen LogP contribution in [-0.2, 0) is 6.61 Å². The van der Waals surface area contributed by atoms with Crippen LogP contribution < -0.4 is 4.74 Å². The van der Waals surface area contributed by atoms with Crippen molar-refractivity contribution in [3.05, 3.63) is 58.8 Å². The van der Waals surface area contributed by atoms with Gasteiger partial charge in [-0.25, -0.2) is 0 Å². The maximum absolute atomic E-state index is 9.48. The van der Waals surface area contributed by atoms with E-state index in [9.17, 15) is 5.11 Å². The van der Waals surface area contributed by atoms with E-state index in [0.29, 0.717) is 17.3 Å². The minimum atomic E-state index is -0.128. The SMILES string of the molecule is OCc1c(Oc2ccc(Br)cc2)nc2ccccn12. The van der Waals surface area contributed by atoms with E-state index in [1.807, 2.05) is 53.1 Å². The number of nitrogens with zero attached hydrogens (tertiary/aromatic N) is 2. The fourth-order valence-electron chi connectivity index (χ4n) is 1.86. The molecule has 0 spiro atoms.